The molecule has 0 bridgehead atoms. The second kappa shape index (κ2) is 19.8. The van der Waals surface area contributed by atoms with Crippen molar-refractivity contribution in [3.05, 3.63) is 35.9 Å². The molecule has 0 saturated heterocycles. The molecule has 1 aromatic rings. The standard InChI is InChI=1S/C35H52N4O5/c1-6-15-29(35(44)37-30(33(42)31(40)16-7-2)24-27-19-13-10-14-20-27)36-34(43)28(23-26-17-11-9-12-18-26)25-32(41)39(5)22-21-38(4)8-3/h1-2,9,11-12,17-18,27-31,33,40,42H,8,10,13-16,19-25H2,3-5H3,(H,36,43)(H,37,44). The quantitative estimate of drug-likeness (QED) is 0.190. The highest BCUT2D eigenvalue weighted by molar-refractivity contribution is 5.91. The molecule has 9 nitrogen and oxygen atoms in total. The summed E-state index contributed by atoms with van der Waals surface area (Å²) in [5, 5.41) is 27.1. The number of nitrogens with one attached hydrogen (secondary N) is 2. The van der Waals surface area contributed by atoms with Crippen LogP contribution in [-0.2, 0) is 20.8 Å². The summed E-state index contributed by atoms with van der Waals surface area (Å²) in [6, 6.07) is 7.59. The molecule has 0 aliphatic heterocycles. The fourth-order valence-electron chi connectivity index (χ4n) is 5.60. The number of rotatable bonds is 18. The zero-order valence-corrected chi connectivity index (χ0v) is 26.7. The van der Waals surface area contributed by atoms with Crippen molar-refractivity contribution in [2.75, 3.05) is 33.7 Å². The van der Waals surface area contributed by atoms with E-state index < -0.39 is 42.0 Å². The Hall–Kier alpha value is -3.37. The van der Waals surface area contributed by atoms with Gasteiger partial charge in [-0.05, 0) is 37.9 Å². The van der Waals surface area contributed by atoms with Crippen LogP contribution in [0, 0.1) is 36.5 Å². The Morgan fingerprint density at radius 2 is 1.61 bits per heavy atom. The van der Waals surface area contributed by atoms with E-state index in [-0.39, 0.29) is 31.1 Å². The van der Waals surface area contributed by atoms with Gasteiger partial charge in [-0.2, -0.15) is 0 Å². The Balaban J connectivity index is 2.20. The lowest BCUT2D eigenvalue weighted by molar-refractivity contribution is -0.136. The second-order valence-electron chi connectivity index (χ2n) is 12.1. The Morgan fingerprint density at radius 3 is 2.23 bits per heavy atom. The van der Waals surface area contributed by atoms with E-state index in [1.165, 1.54) is 0 Å². The van der Waals surface area contributed by atoms with Crippen molar-refractivity contribution < 1.29 is 24.6 Å². The van der Waals surface area contributed by atoms with Crippen LogP contribution in [0.3, 0.4) is 0 Å². The minimum atomic E-state index is -1.27. The smallest absolute Gasteiger partial charge is 0.243 e. The van der Waals surface area contributed by atoms with Gasteiger partial charge in [0.05, 0.1) is 18.1 Å². The zero-order valence-electron chi connectivity index (χ0n) is 26.7. The molecule has 0 aromatic heterocycles. The van der Waals surface area contributed by atoms with Gasteiger partial charge in [-0.15, -0.1) is 24.7 Å². The highest BCUT2D eigenvalue weighted by Crippen LogP contribution is 2.28. The van der Waals surface area contributed by atoms with Crippen LogP contribution in [0.2, 0.25) is 0 Å². The monoisotopic (exact) mass is 608 g/mol. The normalized spacial score (nSPS) is 16.9. The van der Waals surface area contributed by atoms with Crippen molar-refractivity contribution in [3.8, 4) is 24.7 Å². The van der Waals surface area contributed by atoms with Gasteiger partial charge in [-0.1, -0.05) is 69.4 Å². The van der Waals surface area contributed by atoms with Gasteiger partial charge in [0.25, 0.3) is 0 Å². The number of aliphatic hydroxyl groups excluding tert-OH is 2. The lowest BCUT2D eigenvalue weighted by Gasteiger charge is -2.33. The summed E-state index contributed by atoms with van der Waals surface area (Å²) in [6.07, 6.45) is 14.4. The van der Waals surface area contributed by atoms with Gasteiger partial charge < -0.3 is 30.6 Å². The maximum atomic E-state index is 13.7. The average Bonchev–Trinajstić information content (AvgIpc) is 3.03. The van der Waals surface area contributed by atoms with Gasteiger partial charge >= 0.3 is 0 Å². The highest BCUT2D eigenvalue weighted by atomic mass is 16.3. The third-order valence-electron chi connectivity index (χ3n) is 8.63. The van der Waals surface area contributed by atoms with Crippen molar-refractivity contribution in [1.82, 2.24) is 20.4 Å². The third-order valence-corrected chi connectivity index (χ3v) is 8.63. The molecule has 9 heteroatoms. The first-order valence-electron chi connectivity index (χ1n) is 15.9. The molecule has 1 aromatic carbocycles. The molecule has 4 N–H and O–H groups in total. The summed E-state index contributed by atoms with van der Waals surface area (Å²) >= 11 is 0. The molecule has 44 heavy (non-hydrogen) atoms. The molecule has 2 rings (SSSR count). The fourth-order valence-corrected chi connectivity index (χ4v) is 5.60. The van der Waals surface area contributed by atoms with Crippen molar-refractivity contribution in [2.45, 2.75) is 95.4 Å². The number of amides is 3. The zero-order chi connectivity index (χ0) is 32.5. The number of terminal acetylenes is 2. The summed E-state index contributed by atoms with van der Waals surface area (Å²) in [7, 11) is 3.71. The fraction of sp³-hybridized carbons (Fsp3) is 0.629. The Labute approximate surface area is 264 Å². The first-order valence-corrected chi connectivity index (χ1v) is 15.9. The summed E-state index contributed by atoms with van der Waals surface area (Å²) < 4.78 is 0. The van der Waals surface area contributed by atoms with Gasteiger partial charge in [-0.25, -0.2) is 0 Å². The summed E-state index contributed by atoms with van der Waals surface area (Å²) in [5.74, 6) is 3.22. The van der Waals surface area contributed by atoms with Crippen LogP contribution in [0.1, 0.15) is 70.3 Å². The molecular weight excluding hydrogens is 556 g/mol. The molecule has 1 saturated carbocycles. The van der Waals surface area contributed by atoms with Gasteiger partial charge in [0.2, 0.25) is 17.7 Å². The van der Waals surface area contributed by atoms with Gasteiger partial charge in [0.15, 0.2) is 0 Å². The van der Waals surface area contributed by atoms with Crippen LogP contribution < -0.4 is 10.6 Å². The summed E-state index contributed by atoms with van der Waals surface area (Å²) in [4.78, 5) is 44.1. The summed E-state index contributed by atoms with van der Waals surface area (Å²) in [5.41, 5.74) is 0.893. The number of carbonyl (C=O) groups is 3. The molecule has 0 heterocycles. The number of likely N-dealkylation sites (N-methyl/N-ethyl adjacent to an activating group) is 2. The van der Waals surface area contributed by atoms with Crippen LogP contribution >= 0.6 is 0 Å². The molecule has 1 aliphatic rings. The topological polar surface area (TPSA) is 122 Å². The third kappa shape index (κ3) is 12.7. The SMILES string of the molecule is C#CCC(NC(=O)C(CC(=O)N(C)CCN(C)CC)Cc1ccccc1)C(=O)NC(CC1CCCCC1)C(O)C(O)CC#C. The van der Waals surface area contributed by atoms with Crippen molar-refractivity contribution >= 4 is 17.7 Å². The average molecular weight is 609 g/mol. The molecule has 1 aliphatic carbocycles. The number of nitrogens with zero attached hydrogens (tertiary/aromatic N) is 2. The molecule has 3 amide bonds. The predicted octanol–water partition coefficient (Wildman–Crippen LogP) is 2.35. The van der Waals surface area contributed by atoms with Gasteiger partial charge in [-0.3, -0.25) is 14.4 Å². The number of carbonyl (C=O) groups excluding carboxylic acids is 3. The van der Waals surface area contributed by atoms with Gasteiger partial charge in [0.1, 0.15) is 12.1 Å². The first-order chi connectivity index (χ1) is 21.1. The molecular formula is C35H52N4O5. The molecule has 1 fully saturated rings. The van der Waals surface area contributed by atoms with Crippen LogP contribution in [0.15, 0.2) is 30.3 Å². The van der Waals surface area contributed by atoms with E-state index in [0.717, 1.165) is 44.2 Å². The molecule has 5 unspecified atom stereocenters. The Kier molecular flexibility index (Phi) is 16.6. The molecule has 0 radical (unpaired) electrons. The maximum Gasteiger partial charge on any atom is 0.243 e. The van der Waals surface area contributed by atoms with E-state index in [2.05, 4.69) is 27.4 Å². The highest BCUT2D eigenvalue weighted by Gasteiger charge is 2.33. The largest absolute Gasteiger partial charge is 0.389 e. The van der Waals surface area contributed by atoms with E-state index in [1.54, 1.807) is 11.9 Å². The Bertz CT molecular complexity index is 1110. The maximum absolute atomic E-state index is 13.7. The van der Waals surface area contributed by atoms with Crippen LogP contribution in [0.25, 0.3) is 0 Å². The van der Waals surface area contributed by atoms with Crippen molar-refractivity contribution in [1.29, 1.82) is 0 Å². The first kappa shape index (κ1) is 36.8. The number of hydrogen-bond acceptors (Lipinski definition) is 6. The van der Waals surface area contributed by atoms with Crippen molar-refractivity contribution in [2.24, 2.45) is 11.8 Å². The van der Waals surface area contributed by atoms with Crippen LogP contribution in [-0.4, -0.2) is 95.8 Å². The summed E-state index contributed by atoms with van der Waals surface area (Å²) in [6.45, 7) is 4.15. The van der Waals surface area contributed by atoms with Crippen LogP contribution in [0.5, 0.6) is 0 Å². The van der Waals surface area contributed by atoms with Crippen molar-refractivity contribution in [3.63, 3.8) is 0 Å². The predicted molar refractivity (Wildman–Crippen MR) is 173 cm³/mol. The Morgan fingerprint density at radius 1 is 0.955 bits per heavy atom. The lowest BCUT2D eigenvalue weighted by Crippen LogP contribution is -2.55. The number of benzene rings is 1. The lowest BCUT2D eigenvalue weighted by atomic mass is 9.82. The minimum Gasteiger partial charge on any atom is -0.389 e. The van der Waals surface area contributed by atoms with E-state index in [9.17, 15) is 24.6 Å². The van der Waals surface area contributed by atoms with E-state index in [1.807, 2.05) is 44.3 Å². The number of hydrogen-bond donors (Lipinski definition) is 4. The van der Waals surface area contributed by atoms with E-state index in [4.69, 9.17) is 12.8 Å². The second-order valence-corrected chi connectivity index (χ2v) is 12.1. The minimum absolute atomic E-state index is 0.0290. The van der Waals surface area contributed by atoms with Crippen LogP contribution in [0.4, 0.5) is 0 Å². The molecule has 5 atom stereocenters. The van der Waals surface area contributed by atoms with Gasteiger partial charge in [0, 0.05) is 39.4 Å². The molecule has 0 spiro atoms. The van der Waals surface area contributed by atoms with E-state index in [0.29, 0.717) is 25.9 Å². The number of aliphatic hydroxyl groups is 2. The van der Waals surface area contributed by atoms with E-state index >= 15 is 0 Å². The molecule has 242 valence electrons.